The topological polar surface area (TPSA) is 499 Å². The van der Waals surface area contributed by atoms with Crippen LogP contribution < -0.4 is 65.1 Å². The largest absolute Gasteiger partial charge is 0.508 e. The van der Waals surface area contributed by atoms with Crippen molar-refractivity contribution in [2.45, 2.75) is 158 Å². The molecule has 0 unspecified atom stereocenters. The van der Waals surface area contributed by atoms with Crippen molar-refractivity contribution in [2.24, 2.45) is 28.1 Å². The second kappa shape index (κ2) is 36.6. The fourth-order valence-corrected chi connectivity index (χ4v) is 10.7. The van der Waals surface area contributed by atoms with Crippen LogP contribution in [0, 0.1) is 5.92 Å². The van der Waals surface area contributed by atoms with Crippen molar-refractivity contribution in [1.82, 2.24) is 67.6 Å². The summed E-state index contributed by atoms with van der Waals surface area (Å²) in [6, 6.07) is 0.0205. The van der Waals surface area contributed by atoms with Gasteiger partial charge in [0.25, 0.3) is 0 Å². The van der Waals surface area contributed by atoms with Gasteiger partial charge in [0.1, 0.15) is 66.2 Å². The van der Waals surface area contributed by atoms with Crippen molar-refractivity contribution in [3.63, 3.8) is 0 Å². The van der Waals surface area contributed by atoms with Gasteiger partial charge in [0.15, 0.2) is 5.96 Å². The molecule has 32 nitrogen and oxygen atoms in total. The minimum absolute atomic E-state index is 0.0248. The molecule has 19 N–H and O–H groups in total. The SMILES string of the molecule is CC(C)C[C@@H](N)C(=O)NCC(=O)N[C@@H](CO)C(=O)N[C@@H](CCCN=C(N)N)C(=O)N[C@@H](C)C(=O)N1CCC[C@@H]1C(=O)N[C@H](Cc1ccc(O)cc1)C(=O)N1CCC[C@H]1C(=O)N[C@@H](Cc1cnc[nH]1)C(=O)N[C@H](Cc1ccccc1)C(=O)N[C@H](CS)C(=O)N[C@H](C)C(=O)O. The second-order valence-corrected chi connectivity index (χ2v) is 23.6. The molecule has 0 spiro atoms. The fourth-order valence-electron chi connectivity index (χ4n) is 10.4. The molecule has 0 aliphatic carbocycles. The number of carboxylic acids is 1. The molecule has 0 bridgehead atoms. The normalized spacial score (nSPS) is 17.3. The summed E-state index contributed by atoms with van der Waals surface area (Å²) in [6.45, 7) is 4.95. The number of aromatic nitrogens is 2. The number of benzene rings is 2. The summed E-state index contributed by atoms with van der Waals surface area (Å²) in [7, 11) is 0. The molecule has 3 heterocycles. The minimum atomic E-state index is -1.59. The number of aliphatic hydroxyl groups is 1. The number of imidazole rings is 1. The Labute approximate surface area is 542 Å². The first-order chi connectivity index (χ1) is 44.2. The predicted octanol–water partition coefficient (Wildman–Crippen LogP) is -4.41. The number of nitrogens with one attached hydrogen (secondary N) is 10. The van der Waals surface area contributed by atoms with E-state index >= 15 is 0 Å². The molecule has 2 fully saturated rings. The summed E-state index contributed by atoms with van der Waals surface area (Å²) in [4.78, 5) is 178. The van der Waals surface area contributed by atoms with Crippen LogP contribution in [-0.2, 0) is 76.8 Å². The molecular formula is C60H87N17O15S. The van der Waals surface area contributed by atoms with E-state index in [1.165, 1.54) is 60.4 Å². The molecule has 2 aromatic carbocycles. The molecule has 0 radical (unpaired) electrons. The third kappa shape index (κ3) is 23.4. The minimum Gasteiger partial charge on any atom is -0.508 e. The summed E-state index contributed by atoms with van der Waals surface area (Å²) in [5.41, 5.74) is 18.3. The van der Waals surface area contributed by atoms with Crippen molar-refractivity contribution in [3.05, 3.63) is 83.9 Å². The van der Waals surface area contributed by atoms with E-state index in [0.717, 1.165) is 0 Å². The Morgan fingerprint density at radius 1 is 0.645 bits per heavy atom. The number of phenolic OH excluding ortho intramolecular Hbond substituents is 1. The van der Waals surface area contributed by atoms with Gasteiger partial charge in [0.05, 0.1) is 25.5 Å². The number of carboxylic acid groups (broad SMARTS) is 1. The number of hydrogen-bond donors (Lipinski definition) is 17. The van der Waals surface area contributed by atoms with Crippen LogP contribution in [0.2, 0.25) is 0 Å². The standard InChI is InChI=1S/C60H87N17O15S/c1-32(2)23-39(61)49(81)66-28-48(80)70-44(29-78)53(85)71-40(13-8-20-65-60(62)63)50(82)68-33(3)57(89)76-21-9-14-46(76)56(88)74-43(25-36-16-18-38(79)19-17-36)58(90)77-22-10-15-47(77)55(87)73-42(26-37-27-64-31-67-37)52(84)72-41(24-35-11-6-5-7-12-35)51(83)75-45(30-93)54(86)69-34(4)59(91)92/h5-7,11-12,16-19,27,31-34,39-47,78-79,93H,8-10,13-15,20-26,28-30,61H2,1-4H3,(H,64,67)(H,66,81)(H,68,82)(H,69,86)(H,70,80)(H,71,85)(H,72,84)(H,73,87)(H,74,88)(H,75,83)(H,91,92)(H4,62,63,65)/t33-,34+,39+,40-,41+,42-,43+,44-,45+,46+,47-/m0/s1. The summed E-state index contributed by atoms with van der Waals surface area (Å²) >= 11 is 4.19. The molecule has 0 saturated carbocycles. The first-order valence-electron chi connectivity index (χ1n) is 30.5. The predicted molar refractivity (Wildman–Crippen MR) is 339 cm³/mol. The lowest BCUT2D eigenvalue weighted by atomic mass is 10.0. The van der Waals surface area contributed by atoms with Gasteiger partial charge in [-0.15, -0.1) is 0 Å². The van der Waals surface area contributed by atoms with Crippen molar-refractivity contribution >= 4 is 89.5 Å². The lowest BCUT2D eigenvalue weighted by Crippen LogP contribution is -2.61. The second-order valence-electron chi connectivity index (χ2n) is 23.2. The quantitative estimate of drug-likeness (QED) is 0.0114. The number of nitrogens with zero attached hydrogens (tertiary/aromatic N) is 4. The van der Waals surface area contributed by atoms with E-state index in [4.69, 9.17) is 17.2 Å². The average Bonchev–Trinajstić information content (AvgIpc) is 1.77. The number of amides is 11. The van der Waals surface area contributed by atoms with Crippen molar-refractivity contribution in [3.8, 4) is 5.75 Å². The number of guanidine groups is 1. The molecule has 2 aliphatic heterocycles. The first kappa shape index (κ1) is 74.4. The van der Waals surface area contributed by atoms with E-state index in [-0.39, 0.29) is 88.0 Å². The van der Waals surface area contributed by atoms with Gasteiger partial charge in [-0.05, 0) is 88.0 Å². The van der Waals surface area contributed by atoms with Crippen LogP contribution in [0.5, 0.6) is 5.75 Å². The Kier molecular flexibility index (Phi) is 29.3. The first-order valence-corrected chi connectivity index (χ1v) is 31.2. The van der Waals surface area contributed by atoms with E-state index in [2.05, 4.69) is 75.4 Å². The third-order valence-electron chi connectivity index (χ3n) is 15.4. The van der Waals surface area contributed by atoms with Crippen LogP contribution in [0.15, 0.2) is 72.1 Å². The number of thiol groups is 1. The lowest BCUT2D eigenvalue weighted by Gasteiger charge is -2.32. The number of phenols is 1. The van der Waals surface area contributed by atoms with Gasteiger partial charge in [-0.2, -0.15) is 12.6 Å². The molecule has 3 aromatic rings. The molecule has 11 amide bonds. The molecule has 11 atom stereocenters. The zero-order valence-electron chi connectivity index (χ0n) is 52.3. The van der Waals surface area contributed by atoms with E-state index < -0.39 is 151 Å². The zero-order valence-corrected chi connectivity index (χ0v) is 53.2. The van der Waals surface area contributed by atoms with Crippen molar-refractivity contribution in [2.75, 3.05) is 38.5 Å². The highest BCUT2D eigenvalue weighted by atomic mass is 32.1. The van der Waals surface area contributed by atoms with Gasteiger partial charge in [-0.25, -0.2) is 4.98 Å². The number of likely N-dealkylation sites (tertiary alicyclic amines) is 2. The highest BCUT2D eigenvalue weighted by Crippen LogP contribution is 2.24. The lowest BCUT2D eigenvalue weighted by molar-refractivity contribution is -0.144. The highest BCUT2D eigenvalue weighted by Gasteiger charge is 2.43. The third-order valence-corrected chi connectivity index (χ3v) is 15.7. The molecule has 33 heteroatoms. The Morgan fingerprint density at radius 2 is 1.17 bits per heavy atom. The van der Waals surface area contributed by atoms with Gasteiger partial charge < -0.3 is 95.2 Å². The maximum Gasteiger partial charge on any atom is 0.325 e. The molecule has 2 saturated heterocycles. The van der Waals surface area contributed by atoms with Gasteiger partial charge in [0, 0.05) is 56.5 Å². The number of carbonyl (C=O) groups excluding carboxylic acids is 11. The van der Waals surface area contributed by atoms with Gasteiger partial charge in [-0.1, -0.05) is 56.3 Å². The van der Waals surface area contributed by atoms with E-state index in [1.54, 1.807) is 30.3 Å². The summed E-state index contributed by atoms with van der Waals surface area (Å²) in [5, 5.41) is 52.4. The van der Waals surface area contributed by atoms with Gasteiger partial charge in [-0.3, -0.25) is 62.5 Å². The number of H-pyrrole nitrogens is 1. The van der Waals surface area contributed by atoms with Crippen molar-refractivity contribution < 1.29 is 72.9 Å². The molecule has 1 aromatic heterocycles. The number of nitrogens with two attached hydrogens (primary N) is 3. The van der Waals surface area contributed by atoms with Gasteiger partial charge >= 0.3 is 5.97 Å². The number of carbonyl (C=O) groups is 12. The maximum atomic E-state index is 15.0. The number of rotatable bonds is 35. The van der Waals surface area contributed by atoms with E-state index in [1.807, 2.05) is 13.8 Å². The number of hydrogen-bond acceptors (Lipinski definition) is 18. The number of aliphatic imine (C=N–C) groups is 1. The Bertz CT molecular complexity index is 3100. The van der Waals surface area contributed by atoms with Crippen LogP contribution in [0.25, 0.3) is 0 Å². The Morgan fingerprint density at radius 3 is 1.74 bits per heavy atom. The number of aromatic amines is 1. The monoisotopic (exact) mass is 1320 g/mol. The van der Waals surface area contributed by atoms with Crippen LogP contribution in [0.3, 0.4) is 0 Å². The fraction of sp³-hybridized carbons (Fsp3) is 0.533. The van der Waals surface area contributed by atoms with E-state index in [9.17, 15) is 72.9 Å². The Balaban J connectivity index is 1.32. The summed E-state index contributed by atoms with van der Waals surface area (Å²) in [5.74, 6) is -10.6. The van der Waals surface area contributed by atoms with Crippen LogP contribution in [-0.4, -0.2) is 217 Å². The smallest absolute Gasteiger partial charge is 0.325 e. The van der Waals surface area contributed by atoms with Crippen LogP contribution in [0.1, 0.15) is 89.5 Å². The van der Waals surface area contributed by atoms with E-state index in [0.29, 0.717) is 36.1 Å². The number of aliphatic hydroxyl groups excluding tert-OH is 1. The summed E-state index contributed by atoms with van der Waals surface area (Å²) in [6.07, 6.45) is 3.59. The van der Waals surface area contributed by atoms with Crippen LogP contribution >= 0.6 is 12.6 Å². The molecule has 5 rings (SSSR count). The average molecular weight is 1320 g/mol. The van der Waals surface area contributed by atoms with Crippen molar-refractivity contribution in [1.29, 1.82) is 0 Å². The summed E-state index contributed by atoms with van der Waals surface area (Å²) < 4.78 is 0. The molecule has 93 heavy (non-hydrogen) atoms. The maximum absolute atomic E-state index is 15.0. The van der Waals surface area contributed by atoms with Gasteiger partial charge in [0.2, 0.25) is 65.0 Å². The highest BCUT2D eigenvalue weighted by molar-refractivity contribution is 7.80. The van der Waals surface area contributed by atoms with Crippen LogP contribution in [0.4, 0.5) is 0 Å². The number of aromatic hydroxyl groups is 1. The molecular weight excluding hydrogens is 1230 g/mol. The molecule has 2 aliphatic rings. The zero-order chi connectivity index (χ0) is 68.5. The number of aliphatic carboxylic acids is 1. The Hall–Kier alpha value is -9.37. The molecule has 508 valence electrons.